The highest BCUT2D eigenvalue weighted by Crippen LogP contribution is 2.42. The van der Waals surface area contributed by atoms with Gasteiger partial charge in [0.15, 0.2) is 17.5 Å². The Balaban J connectivity index is 1.07. The highest BCUT2D eigenvalue weighted by Gasteiger charge is 2.22. The van der Waals surface area contributed by atoms with Crippen LogP contribution < -0.4 is 0 Å². The molecule has 0 saturated carbocycles. The van der Waals surface area contributed by atoms with E-state index in [0.717, 1.165) is 55.0 Å². The van der Waals surface area contributed by atoms with E-state index >= 15 is 0 Å². The SMILES string of the molecule is [2H]c1c([2H])c([2H])c(-c2nc(-c3ccccc3)nc(-c3ccc4c(c3)oc3ccc(-n5c6ccccc6c6ccc7c8ccccc8n(-c8ccccc8)c7c65)cc34)n2)c([2H])c1[2H]. The van der Waals surface area contributed by atoms with Gasteiger partial charge in [0.25, 0.3) is 0 Å². The van der Waals surface area contributed by atoms with Crippen LogP contribution in [0, 0.1) is 0 Å². The zero-order chi connectivity index (χ0) is 41.8. The zero-order valence-corrected chi connectivity index (χ0v) is 30.2. The molecule has 57 heavy (non-hydrogen) atoms. The molecule has 0 saturated heterocycles. The standard InChI is InChI=1S/C51H31N5O/c1-4-14-32(15-5-1)49-52-50(33-16-6-2-7-17-33)54-51(53-49)34-24-26-39-42-31-36(25-29-45(42)57-46(39)30-34)56-44-23-13-11-21-38(44)41-28-27-40-37-20-10-12-22-43(37)55(47(40)48(41)56)35-18-8-3-9-19-35/h1-31H/i1D,4D,5D,14D,15D. The fourth-order valence-corrected chi connectivity index (χ4v) is 8.35. The van der Waals surface area contributed by atoms with Crippen LogP contribution >= 0.6 is 0 Å². The molecule has 8 aromatic carbocycles. The first kappa shape index (κ1) is 26.9. The minimum atomic E-state index is -0.485. The van der Waals surface area contributed by atoms with Gasteiger partial charge in [-0.2, -0.15) is 0 Å². The third-order valence-corrected chi connectivity index (χ3v) is 10.8. The summed E-state index contributed by atoms with van der Waals surface area (Å²) in [6, 6.07) is 51.4. The van der Waals surface area contributed by atoms with E-state index < -0.39 is 18.1 Å². The van der Waals surface area contributed by atoms with Crippen LogP contribution in [0.3, 0.4) is 0 Å². The average Bonchev–Trinajstić information content (AvgIpc) is 3.98. The first-order chi connectivity index (χ1) is 30.3. The maximum atomic E-state index is 8.67. The molecule has 0 unspecified atom stereocenters. The Bertz CT molecular complexity index is 3790. The summed E-state index contributed by atoms with van der Waals surface area (Å²) < 4.78 is 53.4. The van der Waals surface area contributed by atoms with Gasteiger partial charge in [0.05, 0.1) is 28.9 Å². The van der Waals surface area contributed by atoms with Crippen molar-refractivity contribution in [3.63, 3.8) is 0 Å². The minimum absolute atomic E-state index is 0.0215. The Morgan fingerprint density at radius 1 is 0.386 bits per heavy atom. The molecule has 0 aliphatic carbocycles. The van der Waals surface area contributed by atoms with Crippen molar-refractivity contribution in [3.8, 4) is 45.5 Å². The number of benzene rings is 8. The van der Waals surface area contributed by atoms with Gasteiger partial charge in [-0.05, 0) is 54.6 Å². The normalized spacial score (nSPS) is 13.1. The second-order valence-corrected chi connectivity index (χ2v) is 14.1. The molecule has 12 rings (SSSR count). The predicted octanol–water partition coefficient (Wildman–Crippen LogP) is 13.0. The maximum Gasteiger partial charge on any atom is 0.164 e. The van der Waals surface area contributed by atoms with Crippen LogP contribution in [-0.4, -0.2) is 24.1 Å². The third kappa shape index (κ3) is 4.87. The summed E-state index contributed by atoms with van der Waals surface area (Å²) in [6.07, 6.45) is 0. The van der Waals surface area contributed by atoms with Crippen LogP contribution in [0.25, 0.3) is 111 Å². The molecule has 0 bridgehead atoms. The topological polar surface area (TPSA) is 61.7 Å². The number of hydrogen-bond acceptors (Lipinski definition) is 4. The lowest BCUT2D eigenvalue weighted by Crippen LogP contribution is -2.00. The zero-order valence-electron chi connectivity index (χ0n) is 35.2. The van der Waals surface area contributed by atoms with Crippen molar-refractivity contribution in [3.05, 3.63) is 188 Å². The number of hydrogen-bond donors (Lipinski definition) is 0. The smallest absolute Gasteiger partial charge is 0.164 e. The summed E-state index contributed by atoms with van der Waals surface area (Å²) in [4.78, 5) is 14.2. The second-order valence-electron chi connectivity index (χ2n) is 14.1. The van der Waals surface area contributed by atoms with Crippen molar-refractivity contribution in [2.24, 2.45) is 0 Å². The first-order valence-corrected chi connectivity index (χ1v) is 18.7. The largest absolute Gasteiger partial charge is 0.456 e. The van der Waals surface area contributed by atoms with Crippen LogP contribution in [0.15, 0.2) is 192 Å². The monoisotopic (exact) mass is 734 g/mol. The van der Waals surface area contributed by atoms with Crippen molar-refractivity contribution in [1.29, 1.82) is 0 Å². The summed E-state index contributed by atoms with van der Waals surface area (Å²) in [5.41, 5.74) is 9.08. The highest BCUT2D eigenvalue weighted by atomic mass is 16.3. The van der Waals surface area contributed by atoms with E-state index in [4.69, 9.17) is 21.2 Å². The number of para-hydroxylation sites is 3. The van der Waals surface area contributed by atoms with Gasteiger partial charge in [-0.15, -0.1) is 0 Å². The second kappa shape index (κ2) is 12.3. The summed E-state index contributed by atoms with van der Waals surface area (Å²) in [5.74, 6) is 0.553. The summed E-state index contributed by atoms with van der Waals surface area (Å²) in [7, 11) is 0. The molecule has 0 spiro atoms. The molecule has 6 heteroatoms. The van der Waals surface area contributed by atoms with E-state index in [1.807, 2.05) is 60.7 Å². The predicted molar refractivity (Wildman–Crippen MR) is 232 cm³/mol. The average molecular weight is 735 g/mol. The molecule has 266 valence electrons. The number of aromatic nitrogens is 5. The quantitative estimate of drug-likeness (QED) is 0.177. The number of fused-ring (bicyclic) bond motifs is 10. The number of rotatable bonds is 5. The van der Waals surface area contributed by atoms with E-state index in [9.17, 15) is 0 Å². The molecule has 0 aliphatic rings. The summed E-state index contributed by atoms with van der Waals surface area (Å²) in [5, 5.41) is 6.51. The van der Waals surface area contributed by atoms with Gasteiger partial charge in [-0.25, -0.2) is 15.0 Å². The van der Waals surface area contributed by atoms with Crippen molar-refractivity contribution in [1.82, 2.24) is 24.1 Å². The Hall–Kier alpha value is -7.83. The van der Waals surface area contributed by atoms with Crippen molar-refractivity contribution in [2.75, 3.05) is 0 Å². The first-order valence-electron chi connectivity index (χ1n) is 21.2. The molecular formula is C51H31N5O. The molecule has 12 aromatic rings. The molecule has 4 heterocycles. The third-order valence-electron chi connectivity index (χ3n) is 10.8. The fourth-order valence-electron chi connectivity index (χ4n) is 8.35. The van der Waals surface area contributed by atoms with Gasteiger partial charge in [-0.1, -0.05) is 133 Å². The summed E-state index contributed by atoms with van der Waals surface area (Å²) >= 11 is 0. The van der Waals surface area contributed by atoms with Gasteiger partial charge < -0.3 is 13.6 Å². The Morgan fingerprint density at radius 2 is 0.947 bits per heavy atom. The number of furan rings is 1. The van der Waals surface area contributed by atoms with Crippen molar-refractivity contribution in [2.45, 2.75) is 0 Å². The lowest BCUT2D eigenvalue weighted by molar-refractivity contribution is 0.669. The molecule has 0 atom stereocenters. The maximum absolute atomic E-state index is 8.67. The minimum Gasteiger partial charge on any atom is -0.456 e. The van der Waals surface area contributed by atoms with Crippen LogP contribution in [-0.2, 0) is 0 Å². The molecule has 4 aromatic heterocycles. The van der Waals surface area contributed by atoms with E-state index in [0.29, 0.717) is 28.1 Å². The van der Waals surface area contributed by atoms with Crippen molar-refractivity contribution >= 4 is 65.6 Å². The van der Waals surface area contributed by atoms with E-state index in [1.54, 1.807) is 0 Å². The summed E-state index contributed by atoms with van der Waals surface area (Å²) in [6.45, 7) is 0. The van der Waals surface area contributed by atoms with Gasteiger partial charge in [0, 0.05) is 60.4 Å². The highest BCUT2D eigenvalue weighted by molar-refractivity contribution is 6.24. The van der Waals surface area contributed by atoms with Crippen LogP contribution in [0.5, 0.6) is 0 Å². The van der Waals surface area contributed by atoms with E-state index in [2.05, 4.69) is 111 Å². The Kier molecular flexibility index (Phi) is 5.82. The molecular weight excluding hydrogens is 699 g/mol. The van der Waals surface area contributed by atoms with Crippen LogP contribution in [0.4, 0.5) is 0 Å². The number of nitrogens with zero attached hydrogens (tertiary/aromatic N) is 5. The van der Waals surface area contributed by atoms with Crippen LogP contribution in [0.2, 0.25) is 0 Å². The molecule has 0 N–H and O–H groups in total. The Morgan fingerprint density at radius 3 is 1.63 bits per heavy atom. The lowest BCUT2D eigenvalue weighted by atomic mass is 10.1. The fraction of sp³-hybridized carbons (Fsp3) is 0. The van der Waals surface area contributed by atoms with Gasteiger partial charge in [0.2, 0.25) is 0 Å². The van der Waals surface area contributed by atoms with Crippen molar-refractivity contribution < 1.29 is 11.3 Å². The molecule has 0 fully saturated rings. The van der Waals surface area contributed by atoms with Gasteiger partial charge in [0.1, 0.15) is 11.2 Å². The van der Waals surface area contributed by atoms with Gasteiger partial charge >= 0.3 is 0 Å². The van der Waals surface area contributed by atoms with E-state index in [-0.39, 0.29) is 29.3 Å². The lowest BCUT2D eigenvalue weighted by Gasteiger charge is -2.12. The molecule has 0 amide bonds. The van der Waals surface area contributed by atoms with E-state index in [1.165, 1.54) is 10.8 Å². The van der Waals surface area contributed by atoms with Crippen LogP contribution in [0.1, 0.15) is 6.85 Å². The molecule has 0 aliphatic heterocycles. The molecule has 0 radical (unpaired) electrons. The Labute approximate surface area is 333 Å². The van der Waals surface area contributed by atoms with Gasteiger partial charge in [-0.3, -0.25) is 0 Å². The molecule has 6 nitrogen and oxygen atoms in total.